The molecular formula is C11H22N4O5. The maximum atomic E-state index is 11.4. The average molecular weight is 290 g/mol. The van der Waals surface area contributed by atoms with E-state index >= 15 is 0 Å². The lowest BCUT2D eigenvalue weighted by atomic mass is 10.1. The first kappa shape index (κ1) is 18.3. The van der Waals surface area contributed by atoms with Crippen LogP contribution in [0.25, 0.3) is 0 Å². The van der Waals surface area contributed by atoms with Gasteiger partial charge in [0.05, 0.1) is 6.04 Å². The van der Waals surface area contributed by atoms with E-state index < -0.39 is 30.4 Å². The minimum atomic E-state index is -1.20. The minimum Gasteiger partial charge on any atom is -0.480 e. The van der Waals surface area contributed by atoms with Crippen molar-refractivity contribution in [1.29, 1.82) is 0 Å². The lowest BCUT2D eigenvalue weighted by Crippen LogP contribution is -2.54. The Hall–Kier alpha value is -1.68. The summed E-state index contributed by atoms with van der Waals surface area (Å²) in [7, 11) is 0. The van der Waals surface area contributed by atoms with Gasteiger partial charge in [-0.1, -0.05) is 12.7 Å². The molecule has 3 atom stereocenters. The smallest absolute Gasteiger partial charge is 0.407 e. The van der Waals surface area contributed by atoms with Gasteiger partial charge in [0.1, 0.15) is 18.9 Å². The van der Waals surface area contributed by atoms with E-state index in [1.165, 1.54) is 6.08 Å². The second-order valence-corrected chi connectivity index (χ2v) is 4.01. The molecule has 0 spiro atoms. The zero-order valence-electron chi connectivity index (χ0n) is 11.1. The van der Waals surface area contributed by atoms with Crippen molar-refractivity contribution in [2.24, 2.45) is 11.5 Å². The first-order valence-corrected chi connectivity index (χ1v) is 6.06. The van der Waals surface area contributed by atoms with Gasteiger partial charge in [-0.25, -0.2) is 4.79 Å². The molecule has 9 nitrogen and oxygen atoms in total. The third kappa shape index (κ3) is 7.69. The van der Waals surface area contributed by atoms with Crippen LogP contribution >= 0.6 is 0 Å². The van der Waals surface area contributed by atoms with Crippen LogP contribution < -0.4 is 22.1 Å². The molecule has 20 heavy (non-hydrogen) atoms. The Labute approximate surface area is 117 Å². The summed E-state index contributed by atoms with van der Waals surface area (Å²) in [6, 6.07) is -1.88. The standard InChI is InChI=1S/C11H22N4O5/c1-2-5-20-11(19)15-8(3-4-12)9(16)14-6-7(13)10(17)18/h2,7-9,14,16H,1,3-6,12-13H2,(H,15,19)(H,17,18)/t7-,8?,9?/m0/s1. The van der Waals surface area contributed by atoms with E-state index in [2.05, 4.69) is 17.2 Å². The molecule has 1 amide bonds. The zero-order chi connectivity index (χ0) is 15.5. The van der Waals surface area contributed by atoms with Crippen LogP contribution in [0.2, 0.25) is 0 Å². The van der Waals surface area contributed by atoms with Gasteiger partial charge in [-0.15, -0.1) is 0 Å². The zero-order valence-corrected chi connectivity index (χ0v) is 11.1. The highest BCUT2D eigenvalue weighted by Gasteiger charge is 2.22. The molecule has 0 bridgehead atoms. The topological polar surface area (TPSA) is 160 Å². The molecule has 0 aromatic carbocycles. The summed E-state index contributed by atoms with van der Waals surface area (Å²) in [6.07, 6.45) is -0.246. The first-order valence-electron chi connectivity index (χ1n) is 6.06. The number of carboxylic acids is 1. The van der Waals surface area contributed by atoms with Crippen LogP contribution in [0.4, 0.5) is 4.79 Å². The van der Waals surface area contributed by atoms with Crippen LogP contribution in [-0.2, 0) is 9.53 Å². The number of hydrogen-bond acceptors (Lipinski definition) is 7. The fourth-order valence-corrected chi connectivity index (χ4v) is 1.29. The third-order valence-corrected chi connectivity index (χ3v) is 2.36. The van der Waals surface area contributed by atoms with Gasteiger partial charge in [-0.05, 0) is 13.0 Å². The predicted octanol–water partition coefficient (Wildman–Crippen LogP) is -2.06. The molecule has 0 aliphatic rings. The average Bonchev–Trinajstić information content (AvgIpc) is 2.41. The van der Waals surface area contributed by atoms with Crippen molar-refractivity contribution in [2.45, 2.75) is 24.7 Å². The fraction of sp³-hybridized carbons (Fsp3) is 0.636. The van der Waals surface area contributed by atoms with Crippen molar-refractivity contribution < 1.29 is 24.5 Å². The molecule has 8 N–H and O–H groups in total. The van der Waals surface area contributed by atoms with Gasteiger partial charge in [0, 0.05) is 6.54 Å². The monoisotopic (exact) mass is 290 g/mol. The number of nitrogens with one attached hydrogen (secondary N) is 2. The Balaban J connectivity index is 4.30. The number of carbonyl (C=O) groups excluding carboxylic acids is 1. The Morgan fingerprint density at radius 2 is 2.10 bits per heavy atom. The van der Waals surface area contributed by atoms with Crippen LogP contribution in [-0.4, -0.2) is 60.3 Å². The van der Waals surface area contributed by atoms with Crippen LogP contribution in [0.3, 0.4) is 0 Å². The van der Waals surface area contributed by atoms with Crippen molar-refractivity contribution in [3.05, 3.63) is 12.7 Å². The SMILES string of the molecule is C=CCOC(=O)NC(CCN)C(O)NC[C@H](N)C(=O)O. The van der Waals surface area contributed by atoms with Crippen molar-refractivity contribution in [3.63, 3.8) is 0 Å². The number of hydrogen-bond donors (Lipinski definition) is 6. The summed E-state index contributed by atoms with van der Waals surface area (Å²) < 4.78 is 4.72. The van der Waals surface area contributed by atoms with Gasteiger partial charge < -0.3 is 31.7 Å². The van der Waals surface area contributed by atoms with E-state index in [1.807, 2.05) is 0 Å². The second-order valence-electron chi connectivity index (χ2n) is 4.01. The third-order valence-electron chi connectivity index (χ3n) is 2.36. The molecule has 0 radical (unpaired) electrons. The summed E-state index contributed by atoms with van der Waals surface area (Å²) in [4.78, 5) is 21.9. The highest BCUT2D eigenvalue weighted by atomic mass is 16.5. The molecule has 9 heteroatoms. The number of rotatable bonds is 10. The second kappa shape index (κ2) is 10.1. The summed E-state index contributed by atoms with van der Waals surface area (Å²) >= 11 is 0. The Kier molecular flexibility index (Phi) is 9.30. The van der Waals surface area contributed by atoms with E-state index in [1.54, 1.807) is 0 Å². The summed E-state index contributed by atoms with van der Waals surface area (Å²) in [5, 5.41) is 23.4. The lowest BCUT2D eigenvalue weighted by molar-refractivity contribution is -0.138. The van der Waals surface area contributed by atoms with Gasteiger partial charge >= 0.3 is 12.1 Å². The Morgan fingerprint density at radius 1 is 1.45 bits per heavy atom. The van der Waals surface area contributed by atoms with Crippen LogP contribution in [0.15, 0.2) is 12.7 Å². The highest BCUT2D eigenvalue weighted by Crippen LogP contribution is 1.97. The first-order chi connectivity index (χ1) is 9.42. The molecule has 0 aliphatic carbocycles. The molecule has 0 saturated heterocycles. The Bertz CT molecular complexity index is 326. The van der Waals surface area contributed by atoms with E-state index in [-0.39, 0.29) is 26.1 Å². The normalized spacial score (nSPS) is 14.9. The van der Waals surface area contributed by atoms with Gasteiger partial charge in [-0.3, -0.25) is 10.1 Å². The number of aliphatic carboxylic acids is 1. The van der Waals surface area contributed by atoms with Crippen LogP contribution in [0.5, 0.6) is 0 Å². The van der Waals surface area contributed by atoms with E-state index in [0.29, 0.717) is 0 Å². The number of carboxylic acid groups (broad SMARTS) is 1. The molecule has 0 aliphatic heterocycles. The van der Waals surface area contributed by atoms with Crippen molar-refractivity contribution in [2.75, 3.05) is 19.7 Å². The maximum absolute atomic E-state index is 11.4. The molecule has 0 aromatic rings. The fourth-order valence-electron chi connectivity index (χ4n) is 1.29. The van der Waals surface area contributed by atoms with Crippen LogP contribution in [0.1, 0.15) is 6.42 Å². The summed E-state index contributed by atoms with van der Waals surface area (Å²) in [5.74, 6) is -1.20. The lowest BCUT2D eigenvalue weighted by Gasteiger charge is -2.24. The summed E-state index contributed by atoms with van der Waals surface area (Å²) in [5.41, 5.74) is 10.7. The van der Waals surface area contributed by atoms with Crippen molar-refractivity contribution >= 4 is 12.1 Å². The molecular weight excluding hydrogens is 268 g/mol. The maximum Gasteiger partial charge on any atom is 0.407 e. The molecule has 2 unspecified atom stereocenters. The predicted molar refractivity (Wildman–Crippen MR) is 71.8 cm³/mol. The molecule has 0 heterocycles. The molecule has 0 aromatic heterocycles. The van der Waals surface area contributed by atoms with E-state index in [9.17, 15) is 14.7 Å². The number of nitrogens with two attached hydrogens (primary N) is 2. The van der Waals surface area contributed by atoms with Crippen LogP contribution in [0, 0.1) is 0 Å². The van der Waals surface area contributed by atoms with Gasteiger partial charge in [0.25, 0.3) is 0 Å². The molecule has 0 rings (SSSR count). The van der Waals surface area contributed by atoms with Crippen molar-refractivity contribution in [3.8, 4) is 0 Å². The number of ether oxygens (including phenoxy) is 1. The van der Waals surface area contributed by atoms with E-state index in [0.717, 1.165) is 0 Å². The summed E-state index contributed by atoms with van der Waals surface area (Å²) in [6.45, 7) is 3.50. The van der Waals surface area contributed by atoms with Gasteiger partial charge in [-0.2, -0.15) is 0 Å². The Morgan fingerprint density at radius 3 is 2.60 bits per heavy atom. The molecule has 116 valence electrons. The number of aliphatic hydroxyl groups excluding tert-OH is 1. The number of amides is 1. The number of alkyl carbamates (subject to hydrolysis) is 1. The minimum absolute atomic E-state index is 0.0363. The number of carbonyl (C=O) groups is 2. The largest absolute Gasteiger partial charge is 0.480 e. The van der Waals surface area contributed by atoms with Crippen molar-refractivity contribution in [1.82, 2.24) is 10.6 Å². The molecule has 0 fully saturated rings. The quantitative estimate of drug-likeness (QED) is 0.198. The van der Waals surface area contributed by atoms with Gasteiger partial charge in [0.2, 0.25) is 0 Å². The van der Waals surface area contributed by atoms with E-state index in [4.69, 9.17) is 21.3 Å². The number of aliphatic hydroxyl groups is 1. The van der Waals surface area contributed by atoms with Gasteiger partial charge in [0.15, 0.2) is 0 Å². The molecule has 0 saturated carbocycles. The highest BCUT2D eigenvalue weighted by molar-refractivity contribution is 5.73.